The lowest BCUT2D eigenvalue weighted by Crippen LogP contribution is -2.05. The minimum atomic E-state index is -3.94. The van der Waals surface area contributed by atoms with Crippen LogP contribution in [-0.4, -0.2) is 18.3 Å². The normalized spacial score (nSPS) is 11.3. The summed E-state index contributed by atoms with van der Waals surface area (Å²) in [5.74, 6) is 0.500. The SMILES string of the molecule is Cc1ccc(S(=O)(=O)N=S(Cc2ccc([N+](=O)[O-])cc2)Cc2ccc([N+](=O)[O-])cc2)cc1. The van der Waals surface area contributed by atoms with E-state index in [1.807, 2.05) is 6.92 Å². The molecule has 0 N–H and O–H groups in total. The zero-order chi connectivity index (χ0) is 23.3. The molecule has 0 saturated carbocycles. The first-order chi connectivity index (χ1) is 15.1. The average Bonchev–Trinajstić information content (AvgIpc) is 2.74. The molecular formula is C21H19N3O6S2. The van der Waals surface area contributed by atoms with Crippen LogP contribution in [0.1, 0.15) is 16.7 Å². The summed E-state index contributed by atoms with van der Waals surface area (Å²) in [4.78, 5) is 20.8. The molecule has 0 aliphatic carbocycles. The highest BCUT2D eigenvalue weighted by molar-refractivity contribution is 7.99. The number of nitro groups is 2. The Kier molecular flexibility index (Phi) is 7.11. The number of aryl methyl sites for hydroxylation is 1. The maximum absolute atomic E-state index is 12.9. The summed E-state index contributed by atoms with van der Waals surface area (Å²) >= 11 is 0. The fourth-order valence-electron chi connectivity index (χ4n) is 2.81. The topological polar surface area (TPSA) is 133 Å². The molecule has 0 atom stereocenters. The quantitative estimate of drug-likeness (QED) is 0.344. The Morgan fingerprint density at radius 1 is 0.750 bits per heavy atom. The van der Waals surface area contributed by atoms with Crippen LogP contribution in [0.4, 0.5) is 11.4 Å². The van der Waals surface area contributed by atoms with E-state index in [0.29, 0.717) is 11.1 Å². The highest BCUT2D eigenvalue weighted by Gasteiger charge is 2.16. The zero-order valence-electron chi connectivity index (χ0n) is 17.0. The Bertz CT molecular complexity index is 1210. The van der Waals surface area contributed by atoms with Gasteiger partial charge in [0, 0.05) is 35.8 Å². The average molecular weight is 474 g/mol. The van der Waals surface area contributed by atoms with Crippen LogP contribution in [0.2, 0.25) is 0 Å². The lowest BCUT2D eigenvalue weighted by atomic mass is 10.2. The van der Waals surface area contributed by atoms with E-state index in [0.717, 1.165) is 5.56 Å². The van der Waals surface area contributed by atoms with Crippen molar-refractivity contribution in [2.24, 2.45) is 3.77 Å². The number of nitro benzene ring substituents is 2. The van der Waals surface area contributed by atoms with Crippen molar-refractivity contribution >= 4 is 32.1 Å². The van der Waals surface area contributed by atoms with Crippen LogP contribution in [0, 0.1) is 27.2 Å². The van der Waals surface area contributed by atoms with Crippen molar-refractivity contribution in [2.75, 3.05) is 0 Å². The van der Waals surface area contributed by atoms with Crippen molar-refractivity contribution in [1.29, 1.82) is 0 Å². The number of non-ortho nitro benzene ring substituents is 2. The van der Waals surface area contributed by atoms with Gasteiger partial charge in [0.2, 0.25) is 0 Å². The molecule has 3 aromatic carbocycles. The first-order valence-electron chi connectivity index (χ1n) is 9.33. The number of rotatable bonds is 8. The Morgan fingerprint density at radius 3 is 1.53 bits per heavy atom. The molecule has 0 radical (unpaired) electrons. The van der Waals surface area contributed by atoms with Gasteiger partial charge in [-0.3, -0.25) is 20.2 Å². The molecule has 3 rings (SSSR count). The molecular weight excluding hydrogens is 454 g/mol. The van der Waals surface area contributed by atoms with Crippen molar-refractivity contribution < 1.29 is 18.3 Å². The van der Waals surface area contributed by atoms with Crippen LogP contribution in [0.5, 0.6) is 0 Å². The fourth-order valence-corrected chi connectivity index (χ4v) is 6.42. The monoisotopic (exact) mass is 473 g/mol. The fraction of sp³-hybridized carbons (Fsp3) is 0.143. The summed E-state index contributed by atoms with van der Waals surface area (Å²) in [5.41, 5.74) is 2.19. The molecule has 0 aliphatic rings. The van der Waals surface area contributed by atoms with Gasteiger partial charge in [-0.1, -0.05) is 52.7 Å². The maximum atomic E-state index is 12.9. The Morgan fingerprint density at radius 2 is 1.16 bits per heavy atom. The second kappa shape index (κ2) is 9.79. The molecule has 0 saturated heterocycles. The minimum Gasteiger partial charge on any atom is -0.258 e. The minimum absolute atomic E-state index is 0.0618. The van der Waals surface area contributed by atoms with Gasteiger partial charge in [0.05, 0.1) is 14.7 Å². The van der Waals surface area contributed by atoms with E-state index in [-0.39, 0.29) is 27.8 Å². The van der Waals surface area contributed by atoms with E-state index in [4.69, 9.17) is 0 Å². The molecule has 11 heteroatoms. The van der Waals surface area contributed by atoms with Gasteiger partial charge in [0.15, 0.2) is 0 Å². The van der Waals surface area contributed by atoms with Gasteiger partial charge in [-0.25, -0.2) is 0 Å². The van der Waals surface area contributed by atoms with Crippen molar-refractivity contribution in [3.8, 4) is 0 Å². The first kappa shape index (κ1) is 23.2. The number of hydrogen-bond acceptors (Lipinski definition) is 6. The van der Waals surface area contributed by atoms with Crippen LogP contribution < -0.4 is 0 Å². The van der Waals surface area contributed by atoms with Crippen molar-refractivity contribution in [3.63, 3.8) is 0 Å². The zero-order valence-corrected chi connectivity index (χ0v) is 18.6. The van der Waals surface area contributed by atoms with Crippen LogP contribution in [0.3, 0.4) is 0 Å². The summed E-state index contributed by atoms with van der Waals surface area (Å²) in [6.07, 6.45) is 0. The third kappa shape index (κ3) is 6.05. The molecule has 0 aromatic heterocycles. The van der Waals surface area contributed by atoms with Crippen LogP contribution >= 0.6 is 0 Å². The van der Waals surface area contributed by atoms with Crippen LogP contribution in [0.25, 0.3) is 0 Å². The van der Waals surface area contributed by atoms with Gasteiger partial charge in [-0.05, 0) is 30.2 Å². The maximum Gasteiger partial charge on any atom is 0.287 e. The molecule has 0 aliphatic heterocycles. The molecule has 9 nitrogen and oxygen atoms in total. The number of nitrogens with zero attached hydrogens (tertiary/aromatic N) is 3. The summed E-state index contributed by atoms with van der Waals surface area (Å²) in [6.45, 7) is 1.85. The number of benzene rings is 3. The third-order valence-corrected chi connectivity index (χ3v) is 8.31. The Hall–Kier alpha value is -3.44. The lowest BCUT2D eigenvalue weighted by molar-refractivity contribution is -0.385. The second-order valence-corrected chi connectivity index (χ2v) is 10.5. The van der Waals surface area contributed by atoms with Gasteiger partial charge in [-0.2, -0.15) is 8.42 Å². The van der Waals surface area contributed by atoms with Gasteiger partial charge >= 0.3 is 0 Å². The van der Waals surface area contributed by atoms with E-state index >= 15 is 0 Å². The van der Waals surface area contributed by atoms with E-state index in [1.54, 1.807) is 36.4 Å². The summed E-state index contributed by atoms with van der Waals surface area (Å²) in [7, 11) is -4.98. The van der Waals surface area contributed by atoms with Gasteiger partial charge < -0.3 is 0 Å². The van der Waals surface area contributed by atoms with Crippen molar-refractivity contribution in [3.05, 3.63) is 110 Å². The molecule has 0 heterocycles. The summed E-state index contributed by atoms with van der Waals surface area (Å²) in [5, 5.41) is 21.8. The van der Waals surface area contributed by atoms with Crippen LogP contribution in [0.15, 0.2) is 81.5 Å². The first-order valence-corrected chi connectivity index (χ1v) is 12.3. The molecule has 0 fully saturated rings. The Balaban J connectivity index is 1.95. The Labute approximate surface area is 187 Å². The number of hydrogen-bond donors (Lipinski definition) is 0. The van der Waals surface area contributed by atoms with Crippen LogP contribution in [-0.2, 0) is 32.2 Å². The van der Waals surface area contributed by atoms with Gasteiger partial charge in [0.25, 0.3) is 21.4 Å². The summed E-state index contributed by atoms with van der Waals surface area (Å²) in [6, 6.07) is 18.1. The molecule has 166 valence electrons. The molecule has 32 heavy (non-hydrogen) atoms. The van der Waals surface area contributed by atoms with Gasteiger partial charge in [-0.15, -0.1) is 3.77 Å². The smallest absolute Gasteiger partial charge is 0.258 e. The highest BCUT2D eigenvalue weighted by atomic mass is 32.3. The number of sulfonamides is 1. The summed E-state index contributed by atoms with van der Waals surface area (Å²) < 4.78 is 29.9. The molecule has 0 amide bonds. The predicted molar refractivity (Wildman–Crippen MR) is 122 cm³/mol. The third-order valence-electron chi connectivity index (χ3n) is 4.48. The molecule has 3 aromatic rings. The second-order valence-electron chi connectivity index (χ2n) is 6.96. The predicted octanol–water partition coefficient (Wildman–Crippen LogP) is 4.70. The molecule has 0 spiro atoms. The highest BCUT2D eigenvalue weighted by Crippen LogP contribution is 2.21. The van der Waals surface area contributed by atoms with Crippen molar-refractivity contribution in [1.82, 2.24) is 0 Å². The van der Waals surface area contributed by atoms with E-state index in [2.05, 4.69) is 3.77 Å². The standard InChI is InChI=1S/C21H19N3O6S2/c1-16-2-12-21(13-3-16)32(29,30)22-31(14-17-4-8-19(9-5-17)23(25)26)15-18-6-10-20(11-7-18)24(27)28/h2-13H,14-15H2,1H3. The largest absolute Gasteiger partial charge is 0.287 e. The molecule has 0 bridgehead atoms. The van der Waals surface area contributed by atoms with E-state index in [9.17, 15) is 28.6 Å². The van der Waals surface area contributed by atoms with Gasteiger partial charge in [0.1, 0.15) is 0 Å². The molecule has 0 unspecified atom stereocenters. The lowest BCUT2D eigenvalue weighted by Gasteiger charge is -2.10. The van der Waals surface area contributed by atoms with Crippen molar-refractivity contribution in [2.45, 2.75) is 23.3 Å². The van der Waals surface area contributed by atoms with E-state index in [1.165, 1.54) is 36.4 Å². The van der Waals surface area contributed by atoms with E-state index < -0.39 is 30.6 Å².